The molecule has 0 aliphatic carbocycles. The fourth-order valence-electron chi connectivity index (χ4n) is 3.89. The summed E-state index contributed by atoms with van der Waals surface area (Å²) in [6.45, 7) is 0. The average Bonchev–Trinajstić information content (AvgIpc) is 3.07. The predicted octanol–water partition coefficient (Wildman–Crippen LogP) is 9.25. The zero-order valence-electron chi connectivity index (χ0n) is 23.7. The lowest BCUT2D eigenvalue weighted by Gasteiger charge is -2.03. The van der Waals surface area contributed by atoms with Crippen molar-refractivity contribution in [2.24, 2.45) is 30.4 Å². The fourth-order valence-corrected chi connectivity index (χ4v) is 3.89. The Morgan fingerprint density at radius 1 is 0.500 bits per heavy atom. The molecule has 226 valence electrons. The first-order valence-corrected chi connectivity index (χ1v) is 13.4. The third kappa shape index (κ3) is 7.90. The number of para-hydroxylation sites is 2. The van der Waals surface area contributed by atoms with Crippen LogP contribution in [-0.4, -0.2) is 32.5 Å². The summed E-state index contributed by atoms with van der Waals surface area (Å²) in [6, 6.07) is 27.4. The Morgan fingerprint density at radius 2 is 0.848 bits per heavy atom. The van der Waals surface area contributed by atoms with Crippen LogP contribution in [0.2, 0.25) is 0 Å². The molecule has 0 heterocycles. The van der Waals surface area contributed by atoms with Crippen LogP contribution in [0.5, 0.6) is 11.5 Å². The summed E-state index contributed by atoms with van der Waals surface area (Å²) in [4.78, 5) is 29.6. The van der Waals surface area contributed by atoms with Crippen molar-refractivity contribution in [2.45, 2.75) is 0 Å². The molecule has 5 rings (SSSR count). The van der Waals surface area contributed by atoms with Crippen LogP contribution >= 0.6 is 0 Å². The number of aliphatic imine (C=N–C) groups is 2. The maximum absolute atomic E-state index is 10.8. The van der Waals surface area contributed by atoms with Crippen LogP contribution in [0.25, 0.3) is 0 Å². The van der Waals surface area contributed by atoms with Gasteiger partial charge in [-0.2, -0.15) is 20.5 Å². The molecule has 0 unspecified atom stereocenters. The first-order valence-electron chi connectivity index (χ1n) is 13.4. The number of non-ortho nitro benzene ring substituents is 2. The van der Waals surface area contributed by atoms with Crippen LogP contribution in [0.1, 0.15) is 11.1 Å². The van der Waals surface area contributed by atoms with Crippen molar-refractivity contribution in [3.05, 3.63) is 141 Å². The monoisotopic (exact) mass is 614 g/mol. The topological polar surface area (TPSA) is 201 Å². The van der Waals surface area contributed by atoms with Gasteiger partial charge in [-0.25, -0.2) is 0 Å². The van der Waals surface area contributed by atoms with Gasteiger partial charge in [0, 0.05) is 47.8 Å². The molecule has 2 N–H and O–H groups in total. The maximum atomic E-state index is 10.8. The highest BCUT2D eigenvalue weighted by Gasteiger charge is 2.07. The number of rotatable bonds is 10. The van der Waals surface area contributed by atoms with Gasteiger partial charge < -0.3 is 10.2 Å². The van der Waals surface area contributed by atoms with Crippen LogP contribution in [0.3, 0.4) is 0 Å². The van der Waals surface area contributed by atoms with E-state index in [0.717, 1.165) is 0 Å². The Morgan fingerprint density at radius 3 is 1.22 bits per heavy atom. The number of phenols is 2. The van der Waals surface area contributed by atoms with Crippen molar-refractivity contribution < 1.29 is 20.1 Å². The molecular weight excluding hydrogens is 592 g/mol. The Hall–Kier alpha value is -6.96. The highest BCUT2D eigenvalue weighted by molar-refractivity contribution is 5.90. The zero-order chi connectivity index (χ0) is 32.5. The molecule has 5 aromatic rings. The van der Waals surface area contributed by atoms with Crippen molar-refractivity contribution in [3.8, 4) is 11.5 Å². The van der Waals surface area contributed by atoms with Gasteiger partial charge in [-0.05, 0) is 72.8 Å². The van der Waals surface area contributed by atoms with Crippen molar-refractivity contribution in [1.29, 1.82) is 0 Å². The van der Waals surface area contributed by atoms with E-state index in [4.69, 9.17) is 0 Å². The molecule has 0 amide bonds. The summed E-state index contributed by atoms with van der Waals surface area (Å²) < 4.78 is 0. The molecule has 0 bridgehead atoms. The van der Waals surface area contributed by atoms with E-state index in [1.54, 1.807) is 48.5 Å². The summed E-state index contributed by atoms with van der Waals surface area (Å²) >= 11 is 0. The number of nitro benzene ring substituents is 2. The lowest BCUT2D eigenvalue weighted by Crippen LogP contribution is -1.85. The molecule has 0 aromatic heterocycles. The van der Waals surface area contributed by atoms with Gasteiger partial charge in [0.2, 0.25) is 0 Å². The Labute approximate surface area is 260 Å². The Bertz CT molecular complexity index is 1880. The maximum Gasteiger partial charge on any atom is 0.269 e. The molecule has 14 heteroatoms. The molecule has 0 aliphatic heterocycles. The first kappa shape index (κ1) is 30.5. The van der Waals surface area contributed by atoms with Crippen LogP contribution in [0.4, 0.5) is 45.5 Å². The second kappa shape index (κ2) is 14.0. The minimum atomic E-state index is -0.501. The van der Waals surface area contributed by atoms with E-state index in [-0.39, 0.29) is 22.9 Å². The molecule has 0 saturated carbocycles. The molecule has 0 saturated heterocycles. The summed E-state index contributed by atoms with van der Waals surface area (Å²) in [7, 11) is 0. The standard InChI is InChI=1S/C32H22N8O6/c41-31-15-9-25(37-35-23-5-11-27(12-6-23)39(43)44)17-21(31)19-33-29-3-1-2-4-30(29)34-20-22-18-26(10-16-32(22)42)38-36-24-7-13-28(14-8-24)40(45)46/h1-20,41-42H. The van der Waals surface area contributed by atoms with Gasteiger partial charge in [0.25, 0.3) is 11.4 Å². The quantitative estimate of drug-likeness (QED) is 0.0678. The first-order chi connectivity index (χ1) is 22.2. The second-order valence-corrected chi connectivity index (χ2v) is 9.44. The molecule has 0 spiro atoms. The van der Waals surface area contributed by atoms with E-state index >= 15 is 0 Å². The molecular formula is C32H22N8O6. The van der Waals surface area contributed by atoms with Crippen molar-refractivity contribution in [1.82, 2.24) is 0 Å². The molecule has 46 heavy (non-hydrogen) atoms. The van der Waals surface area contributed by atoms with Crippen LogP contribution in [0.15, 0.2) is 140 Å². The van der Waals surface area contributed by atoms with Crippen LogP contribution in [0, 0.1) is 20.2 Å². The number of benzene rings is 5. The minimum Gasteiger partial charge on any atom is -0.507 e. The number of azo groups is 2. The lowest BCUT2D eigenvalue weighted by molar-refractivity contribution is -0.385. The highest BCUT2D eigenvalue weighted by atomic mass is 16.6. The van der Waals surface area contributed by atoms with E-state index in [1.165, 1.54) is 73.1 Å². The van der Waals surface area contributed by atoms with Gasteiger partial charge in [-0.3, -0.25) is 30.2 Å². The molecule has 5 aromatic carbocycles. The number of hydrogen-bond acceptors (Lipinski definition) is 12. The molecule has 0 fully saturated rings. The third-order valence-electron chi connectivity index (χ3n) is 6.27. The van der Waals surface area contributed by atoms with Gasteiger partial charge in [-0.1, -0.05) is 12.1 Å². The van der Waals surface area contributed by atoms with E-state index in [1.807, 2.05) is 0 Å². The van der Waals surface area contributed by atoms with E-state index in [9.17, 15) is 30.4 Å². The minimum absolute atomic E-state index is 0.0383. The second-order valence-electron chi connectivity index (χ2n) is 9.44. The number of nitro groups is 2. The average molecular weight is 615 g/mol. The van der Waals surface area contributed by atoms with Gasteiger partial charge in [0.1, 0.15) is 11.5 Å². The SMILES string of the molecule is O=[N+]([O-])c1ccc(N=Nc2ccc(O)c(C=Nc3ccccc3N=Cc3cc(N=Nc4ccc([N+](=O)[O-])cc4)ccc3O)c2)cc1. The predicted molar refractivity (Wildman–Crippen MR) is 172 cm³/mol. The summed E-state index contributed by atoms with van der Waals surface area (Å²) in [6.07, 6.45) is 2.90. The van der Waals surface area contributed by atoms with Gasteiger partial charge in [-0.15, -0.1) is 0 Å². The molecule has 0 radical (unpaired) electrons. The molecule has 0 aliphatic rings. The lowest BCUT2D eigenvalue weighted by atomic mass is 10.2. The molecule has 14 nitrogen and oxygen atoms in total. The highest BCUT2D eigenvalue weighted by Crippen LogP contribution is 2.31. The number of phenolic OH excluding ortho intramolecular Hbond substituents is 2. The number of hydrogen-bond donors (Lipinski definition) is 2. The van der Waals surface area contributed by atoms with E-state index < -0.39 is 9.85 Å². The van der Waals surface area contributed by atoms with Gasteiger partial charge in [0.05, 0.1) is 44.0 Å². The Kier molecular flexibility index (Phi) is 9.29. The van der Waals surface area contributed by atoms with E-state index in [0.29, 0.717) is 45.3 Å². The zero-order valence-corrected chi connectivity index (χ0v) is 23.7. The number of nitrogens with zero attached hydrogens (tertiary/aromatic N) is 8. The fraction of sp³-hybridized carbons (Fsp3) is 0. The van der Waals surface area contributed by atoms with Gasteiger partial charge in [0.15, 0.2) is 0 Å². The van der Waals surface area contributed by atoms with Crippen molar-refractivity contribution in [2.75, 3.05) is 0 Å². The summed E-state index contributed by atoms with van der Waals surface area (Å²) in [5, 5.41) is 58.9. The van der Waals surface area contributed by atoms with E-state index in [2.05, 4.69) is 30.4 Å². The summed E-state index contributed by atoms with van der Waals surface area (Å²) in [5.74, 6) is -0.0766. The Balaban J connectivity index is 1.32. The number of aromatic hydroxyl groups is 2. The van der Waals surface area contributed by atoms with Crippen molar-refractivity contribution >= 4 is 57.9 Å². The smallest absolute Gasteiger partial charge is 0.269 e. The van der Waals surface area contributed by atoms with Crippen LogP contribution in [-0.2, 0) is 0 Å². The van der Waals surface area contributed by atoms with Crippen LogP contribution < -0.4 is 0 Å². The van der Waals surface area contributed by atoms with Crippen molar-refractivity contribution in [3.63, 3.8) is 0 Å². The summed E-state index contributed by atoms with van der Waals surface area (Å²) in [5.41, 5.74) is 3.25. The largest absolute Gasteiger partial charge is 0.507 e. The van der Waals surface area contributed by atoms with Gasteiger partial charge >= 0.3 is 0 Å². The molecule has 0 atom stereocenters. The third-order valence-corrected chi connectivity index (χ3v) is 6.27. The normalized spacial score (nSPS) is 11.7.